The lowest BCUT2D eigenvalue weighted by Gasteiger charge is -2.16. The summed E-state index contributed by atoms with van der Waals surface area (Å²) in [5.41, 5.74) is 1.72. The van der Waals surface area contributed by atoms with E-state index in [9.17, 15) is 14.4 Å². The van der Waals surface area contributed by atoms with Gasteiger partial charge in [-0.1, -0.05) is 0 Å². The number of hydrogen-bond donors (Lipinski definition) is 3. The molecule has 0 aliphatic rings. The molecule has 1 atom stereocenters. The lowest BCUT2D eigenvalue weighted by atomic mass is 10.2. The van der Waals surface area contributed by atoms with E-state index in [0.717, 1.165) is 4.90 Å². The van der Waals surface area contributed by atoms with Crippen molar-refractivity contribution in [2.45, 2.75) is 0 Å². The number of hydrogen-bond acceptors (Lipinski definition) is 4. The largest absolute Gasteiger partial charge is 0.497 e. The van der Waals surface area contributed by atoms with Crippen molar-refractivity contribution in [3.8, 4) is 5.75 Å². The number of nitrogens with zero attached hydrogens (tertiary/aromatic N) is 1. The fraction of sp³-hybridized carbons (Fsp3) is 0.286. The topological polar surface area (TPSA) is 92.2 Å². The van der Waals surface area contributed by atoms with E-state index in [1.165, 1.54) is 4.90 Å². The molecule has 0 saturated carbocycles. The van der Waals surface area contributed by atoms with Gasteiger partial charge in [-0.05, 0) is 48.5 Å². The lowest BCUT2D eigenvalue weighted by molar-refractivity contribution is -0.862. The van der Waals surface area contributed by atoms with Gasteiger partial charge in [0.1, 0.15) is 5.75 Å². The van der Waals surface area contributed by atoms with Gasteiger partial charge in [-0.3, -0.25) is 14.4 Å². The predicted octanol–water partition coefficient (Wildman–Crippen LogP) is 0.489. The average molecular weight is 399 g/mol. The molecule has 8 heteroatoms. The molecule has 2 aromatic rings. The Balaban J connectivity index is 1.87. The van der Waals surface area contributed by atoms with Gasteiger partial charge < -0.3 is 25.2 Å². The van der Waals surface area contributed by atoms with Crippen LogP contribution in [0.15, 0.2) is 48.5 Å². The molecule has 0 aliphatic heterocycles. The summed E-state index contributed by atoms with van der Waals surface area (Å²) in [6.07, 6.45) is 0. The maximum Gasteiger partial charge on any atom is 0.279 e. The van der Waals surface area contributed by atoms with E-state index in [0.29, 0.717) is 22.7 Å². The summed E-state index contributed by atoms with van der Waals surface area (Å²) in [5.74, 6) is 0.216. The van der Waals surface area contributed by atoms with E-state index >= 15 is 0 Å². The van der Waals surface area contributed by atoms with Crippen LogP contribution in [0.2, 0.25) is 0 Å². The number of carbonyl (C=O) groups excluding carboxylic acids is 3. The molecule has 2 aromatic carbocycles. The molecule has 29 heavy (non-hydrogen) atoms. The normalized spacial score (nSPS) is 11.3. The maximum atomic E-state index is 12.3. The van der Waals surface area contributed by atoms with E-state index in [4.69, 9.17) is 4.74 Å². The minimum absolute atomic E-state index is 0.0393. The van der Waals surface area contributed by atoms with Crippen LogP contribution in [-0.4, -0.2) is 64.0 Å². The van der Waals surface area contributed by atoms with E-state index in [1.807, 2.05) is 0 Å². The number of benzene rings is 2. The molecule has 0 saturated heterocycles. The molecule has 3 amide bonds. The van der Waals surface area contributed by atoms with Crippen LogP contribution in [0, 0.1) is 0 Å². The molecular formula is C21H27N4O4+. The van der Waals surface area contributed by atoms with Crippen LogP contribution in [0.4, 0.5) is 11.4 Å². The molecule has 8 nitrogen and oxygen atoms in total. The first-order valence-electron chi connectivity index (χ1n) is 9.15. The van der Waals surface area contributed by atoms with E-state index in [-0.39, 0.29) is 30.8 Å². The van der Waals surface area contributed by atoms with Crippen molar-refractivity contribution in [3.63, 3.8) is 0 Å². The van der Waals surface area contributed by atoms with Crippen molar-refractivity contribution in [1.82, 2.24) is 4.90 Å². The Bertz CT molecular complexity index is 848. The van der Waals surface area contributed by atoms with Crippen molar-refractivity contribution in [2.24, 2.45) is 0 Å². The Morgan fingerprint density at radius 2 is 1.45 bits per heavy atom. The number of nitrogens with one attached hydrogen (secondary N) is 3. The fourth-order valence-electron chi connectivity index (χ4n) is 2.54. The highest BCUT2D eigenvalue weighted by Crippen LogP contribution is 2.16. The summed E-state index contributed by atoms with van der Waals surface area (Å²) in [5, 5.41) is 5.58. The molecule has 0 aliphatic carbocycles. The molecule has 1 unspecified atom stereocenters. The second-order valence-electron chi connectivity index (χ2n) is 6.91. The van der Waals surface area contributed by atoms with Gasteiger partial charge in [0.05, 0.1) is 14.2 Å². The number of methoxy groups -OCH3 is 1. The number of likely N-dealkylation sites (N-methyl/N-ethyl adjacent to an activating group) is 2. The molecule has 0 radical (unpaired) electrons. The van der Waals surface area contributed by atoms with Crippen molar-refractivity contribution in [3.05, 3.63) is 54.1 Å². The zero-order chi connectivity index (χ0) is 21.4. The highest BCUT2D eigenvalue weighted by Gasteiger charge is 2.15. The fourth-order valence-corrected chi connectivity index (χ4v) is 2.54. The summed E-state index contributed by atoms with van der Waals surface area (Å²) < 4.78 is 5.09. The number of quaternary nitrogens is 1. The molecule has 0 heterocycles. The highest BCUT2D eigenvalue weighted by atomic mass is 16.5. The molecule has 2 rings (SSSR count). The monoisotopic (exact) mass is 399 g/mol. The van der Waals surface area contributed by atoms with Gasteiger partial charge >= 0.3 is 0 Å². The van der Waals surface area contributed by atoms with E-state index in [2.05, 4.69) is 10.6 Å². The number of amides is 3. The predicted molar refractivity (Wildman–Crippen MR) is 111 cm³/mol. The molecule has 0 aromatic heterocycles. The SMILES string of the molecule is COc1ccc(NC(=O)c2ccc(NC(=O)C[NH+](C)CC(=O)N(C)C)cc2)cc1. The summed E-state index contributed by atoms with van der Waals surface area (Å²) in [6, 6.07) is 13.7. The van der Waals surface area contributed by atoms with Crippen molar-refractivity contribution < 1.29 is 24.0 Å². The standard InChI is InChI=1S/C21H26N4O4/c1-24(2)20(27)14-25(3)13-19(26)22-16-7-5-15(6-8-16)21(28)23-17-9-11-18(29-4)12-10-17/h5-12H,13-14H2,1-4H3,(H,22,26)(H,23,28)/p+1. The van der Waals surface area contributed by atoms with Crippen LogP contribution in [0.3, 0.4) is 0 Å². The third-order valence-electron chi connectivity index (χ3n) is 4.19. The molecule has 3 N–H and O–H groups in total. The van der Waals surface area contributed by atoms with Gasteiger partial charge in [-0.25, -0.2) is 0 Å². The minimum Gasteiger partial charge on any atom is -0.497 e. The smallest absolute Gasteiger partial charge is 0.279 e. The lowest BCUT2D eigenvalue weighted by Crippen LogP contribution is -3.11. The van der Waals surface area contributed by atoms with Gasteiger partial charge in [0, 0.05) is 31.0 Å². The van der Waals surface area contributed by atoms with E-state index < -0.39 is 0 Å². The first-order chi connectivity index (χ1) is 13.8. The average Bonchev–Trinajstić information content (AvgIpc) is 2.68. The Hall–Kier alpha value is -3.39. The number of ether oxygens (including phenoxy) is 1. The number of anilines is 2. The minimum atomic E-state index is -0.251. The summed E-state index contributed by atoms with van der Waals surface area (Å²) in [6.45, 7) is 0.407. The van der Waals surface area contributed by atoms with Gasteiger partial charge in [0.25, 0.3) is 17.7 Å². The second-order valence-corrected chi connectivity index (χ2v) is 6.91. The molecule has 0 spiro atoms. The van der Waals surface area contributed by atoms with Crippen LogP contribution in [-0.2, 0) is 9.59 Å². The zero-order valence-corrected chi connectivity index (χ0v) is 17.1. The third-order valence-corrected chi connectivity index (χ3v) is 4.19. The third kappa shape index (κ3) is 6.93. The summed E-state index contributed by atoms with van der Waals surface area (Å²) >= 11 is 0. The van der Waals surface area contributed by atoms with Crippen LogP contribution >= 0.6 is 0 Å². The number of carbonyl (C=O) groups is 3. The van der Waals surface area contributed by atoms with Crippen molar-refractivity contribution in [2.75, 3.05) is 52.0 Å². The van der Waals surface area contributed by atoms with Crippen LogP contribution < -0.4 is 20.3 Å². The van der Waals surface area contributed by atoms with Gasteiger partial charge in [-0.15, -0.1) is 0 Å². The van der Waals surface area contributed by atoms with E-state index in [1.54, 1.807) is 76.8 Å². The molecule has 0 bridgehead atoms. The highest BCUT2D eigenvalue weighted by molar-refractivity contribution is 6.04. The first-order valence-corrected chi connectivity index (χ1v) is 9.15. The summed E-state index contributed by atoms with van der Waals surface area (Å²) in [4.78, 5) is 38.4. The maximum absolute atomic E-state index is 12.3. The van der Waals surface area contributed by atoms with Gasteiger partial charge in [-0.2, -0.15) is 0 Å². The Morgan fingerprint density at radius 3 is 2.00 bits per heavy atom. The van der Waals surface area contributed by atoms with Crippen LogP contribution in [0.25, 0.3) is 0 Å². The Morgan fingerprint density at radius 1 is 0.897 bits per heavy atom. The van der Waals surface area contributed by atoms with Crippen molar-refractivity contribution in [1.29, 1.82) is 0 Å². The Kier molecular flexibility index (Phi) is 7.73. The Labute approximate surface area is 170 Å². The van der Waals surface area contributed by atoms with Gasteiger partial charge in [0.2, 0.25) is 0 Å². The quantitative estimate of drug-likeness (QED) is 0.602. The van der Waals surface area contributed by atoms with Crippen molar-refractivity contribution >= 4 is 29.1 Å². The van der Waals surface area contributed by atoms with Crippen LogP contribution in [0.5, 0.6) is 5.75 Å². The number of rotatable bonds is 8. The molecule has 0 fully saturated rings. The molecular weight excluding hydrogens is 372 g/mol. The summed E-state index contributed by atoms with van der Waals surface area (Å²) in [7, 11) is 6.73. The second kappa shape index (κ2) is 10.2. The molecule has 154 valence electrons. The van der Waals surface area contributed by atoms with Crippen LogP contribution in [0.1, 0.15) is 10.4 Å². The first kappa shape index (κ1) is 21.9. The zero-order valence-electron chi connectivity index (χ0n) is 17.1. The van der Waals surface area contributed by atoms with Gasteiger partial charge in [0.15, 0.2) is 13.1 Å².